The van der Waals surface area contributed by atoms with E-state index >= 15 is 0 Å². The Kier molecular flexibility index (Phi) is 2.22. The summed E-state index contributed by atoms with van der Waals surface area (Å²) in [6.07, 6.45) is 5.65. The predicted octanol–water partition coefficient (Wildman–Crippen LogP) is 2.58. The average Bonchev–Trinajstić information content (AvgIpc) is 2.87. The van der Waals surface area contributed by atoms with E-state index in [-0.39, 0.29) is 0 Å². The fourth-order valence-electron chi connectivity index (χ4n) is 2.06. The molecule has 1 heteroatoms. The minimum Gasteiger partial charge on any atom is -0.296 e. The Balaban J connectivity index is 1.98. The van der Waals surface area contributed by atoms with E-state index in [1.165, 1.54) is 38.8 Å². The number of hydrogen-bond donors (Lipinski definition) is 0. The highest BCUT2D eigenvalue weighted by Crippen LogP contribution is 2.31. The van der Waals surface area contributed by atoms with Crippen molar-refractivity contribution in [2.75, 3.05) is 13.1 Å². The molecule has 2 aliphatic rings. The van der Waals surface area contributed by atoms with E-state index in [0.717, 1.165) is 6.04 Å². The first-order valence-corrected chi connectivity index (χ1v) is 5.16. The van der Waals surface area contributed by atoms with Crippen LogP contribution < -0.4 is 0 Å². The standard InChI is InChI=1S/C11H19N/c1-9(2)10-4-3-7-12(8-10)11-5-6-11/h11H,3-8H2,1-2H3. The zero-order valence-corrected chi connectivity index (χ0v) is 8.27. The van der Waals surface area contributed by atoms with Gasteiger partial charge in [0.25, 0.3) is 0 Å². The normalized spacial score (nSPS) is 26.0. The molecule has 0 bridgehead atoms. The van der Waals surface area contributed by atoms with Crippen LogP contribution in [0.1, 0.15) is 39.5 Å². The van der Waals surface area contributed by atoms with Crippen LogP contribution in [0.25, 0.3) is 0 Å². The molecule has 0 aromatic carbocycles. The lowest BCUT2D eigenvalue weighted by Gasteiger charge is -2.29. The average molecular weight is 165 g/mol. The number of piperidine rings is 1. The van der Waals surface area contributed by atoms with Gasteiger partial charge in [-0.15, -0.1) is 0 Å². The molecule has 1 saturated carbocycles. The molecule has 1 heterocycles. The highest BCUT2D eigenvalue weighted by atomic mass is 15.2. The Bertz CT molecular complexity index is 197. The first-order valence-electron chi connectivity index (χ1n) is 5.16. The lowest BCUT2D eigenvalue weighted by atomic mass is 10.0. The van der Waals surface area contributed by atoms with E-state index in [1.54, 1.807) is 11.1 Å². The van der Waals surface area contributed by atoms with Gasteiger partial charge in [0, 0.05) is 12.6 Å². The van der Waals surface area contributed by atoms with Crippen molar-refractivity contribution in [3.8, 4) is 0 Å². The van der Waals surface area contributed by atoms with Crippen LogP contribution in [0, 0.1) is 0 Å². The molecular formula is C11H19N. The van der Waals surface area contributed by atoms with Gasteiger partial charge in [-0.05, 0) is 46.1 Å². The maximum atomic E-state index is 2.67. The van der Waals surface area contributed by atoms with Gasteiger partial charge in [-0.25, -0.2) is 0 Å². The molecule has 1 aliphatic heterocycles. The summed E-state index contributed by atoms with van der Waals surface area (Å²) in [5, 5.41) is 0. The third-order valence-corrected chi connectivity index (χ3v) is 3.09. The summed E-state index contributed by atoms with van der Waals surface area (Å²) in [6.45, 7) is 7.13. The molecule has 0 N–H and O–H groups in total. The summed E-state index contributed by atoms with van der Waals surface area (Å²) in [4.78, 5) is 2.67. The van der Waals surface area contributed by atoms with Crippen molar-refractivity contribution in [1.82, 2.24) is 4.90 Å². The lowest BCUT2D eigenvalue weighted by molar-refractivity contribution is 0.255. The number of likely N-dealkylation sites (tertiary alicyclic amines) is 1. The first kappa shape index (κ1) is 8.31. The number of rotatable bonds is 1. The van der Waals surface area contributed by atoms with Gasteiger partial charge in [0.15, 0.2) is 0 Å². The van der Waals surface area contributed by atoms with E-state index in [2.05, 4.69) is 18.7 Å². The smallest absolute Gasteiger partial charge is 0.0198 e. The summed E-state index contributed by atoms with van der Waals surface area (Å²) in [5.74, 6) is 0. The quantitative estimate of drug-likeness (QED) is 0.540. The van der Waals surface area contributed by atoms with Crippen LogP contribution in [0.3, 0.4) is 0 Å². The Hall–Kier alpha value is -0.300. The van der Waals surface area contributed by atoms with Crippen LogP contribution in [0.4, 0.5) is 0 Å². The minimum absolute atomic E-state index is 0.958. The molecule has 0 aromatic heterocycles. The molecule has 2 fully saturated rings. The second kappa shape index (κ2) is 3.21. The largest absolute Gasteiger partial charge is 0.296 e. The zero-order chi connectivity index (χ0) is 8.55. The lowest BCUT2D eigenvalue weighted by Crippen LogP contribution is -2.33. The molecule has 0 spiro atoms. The molecule has 0 aromatic rings. The molecule has 0 amide bonds. The van der Waals surface area contributed by atoms with Gasteiger partial charge in [0.1, 0.15) is 0 Å². The highest BCUT2D eigenvalue weighted by molar-refractivity contribution is 5.14. The van der Waals surface area contributed by atoms with Crippen LogP contribution in [0.2, 0.25) is 0 Å². The molecule has 1 aliphatic carbocycles. The zero-order valence-electron chi connectivity index (χ0n) is 8.27. The van der Waals surface area contributed by atoms with Crippen LogP contribution in [-0.4, -0.2) is 24.0 Å². The molecule has 0 unspecified atom stereocenters. The van der Waals surface area contributed by atoms with Crippen molar-refractivity contribution in [2.45, 2.75) is 45.6 Å². The molecule has 2 rings (SSSR count). The molecular weight excluding hydrogens is 146 g/mol. The number of allylic oxidation sites excluding steroid dienone is 1. The molecule has 0 atom stereocenters. The van der Waals surface area contributed by atoms with Gasteiger partial charge in [0.05, 0.1) is 0 Å². The van der Waals surface area contributed by atoms with Gasteiger partial charge in [-0.1, -0.05) is 11.1 Å². The van der Waals surface area contributed by atoms with Crippen molar-refractivity contribution in [3.63, 3.8) is 0 Å². The van der Waals surface area contributed by atoms with Crippen LogP contribution in [0.15, 0.2) is 11.1 Å². The fraction of sp³-hybridized carbons (Fsp3) is 0.818. The SMILES string of the molecule is CC(C)=C1CCCN(C2CC2)C1. The summed E-state index contributed by atoms with van der Waals surface area (Å²) in [7, 11) is 0. The van der Waals surface area contributed by atoms with Gasteiger partial charge in [-0.2, -0.15) is 0 Å². The Morgan fingerprint density at radius 1 is 1.33 bits per heavy atom. The molecule has 0 radical (unpaired) electrons. The summed E-state index contributed by atoms with van der Waals surface area (Å²) < 4.78 is 0. The first-order chi connectivity index (χ1) is 5.77. The van der Waals surface area contributed by atoms with Crippen LogP contribution in [0.5, 0.6) is 0 Å². The van der Waals surface area contributed by atoms with Crippen molar-refractivity contribution in [1.29, 1.82) is 0 Å². The fourth-order valence-corrected chi connectivity index (χ4v) is 2.06. The van der Waals surface area contributed by atoms with Crippen LogP contribution >= 0.6 is 0 Å². The summed E-state index contributed by atoms with van der Waals surface area (Å²) in [6, 6.07) is 0.958. The van der Waals surface area contributed by atoms with Crippen molar-refractivity contribution in [2.24, 2.45) is 0 Å². The van der Waals surface area contributed by atoms with Gasteiger partial charge >= 0.3 is 0 Å². The van der Waals surface area contributed by atoms with Crippen molar-refractivity contribution < 1.29 is 0 Å². The van der Waals surface area contributed by atoms with Gasteiger partial charge in [-0.3, -0.25) is 4.90 Å². The van der Waals surface area contributed by atoms with Gasteiger partial charge < -0.3 is 0 Å². The topological polar surface area (TPSA) is 3.24 Å². The second-order valence-electron chi connectivity index (χ2n) is 4.41. The van der Waals surface area contributed by atoms with Gasteiger partial charge in [0.2, 0.25) is 0 Å². The molecule has 68 valence electrons. The molecule has 1 nitrogen and oxygen atoms in total. The van der Waals surface area contributed by atoms with Crippen LogP contribution in [-0.2, 0) is 0 Å². The Labute approximate surface area is 75.4 Å². The molecule has 1 saturated heterocycles. The minimum atomic E-state index is 0.958. The third kappa shape index (κ3) is 1.71. The highest BCUT2D eigenvalue weighted by Gasteiger charge is 2.30. The number of nitrogens with zero attached hydrogens (tertiary/aromatic N) is 1. The predicted molar refractivity (Wildman–Crippen MR) is 52.2 cm³/mol. The molecule has 12 heavy (non-hydrogen) atoms. The van der Waals surface area contributed by atoms with Crippen molar-refractivity contribution in [3.05, 3.63) is 11.1 Å². The summed E-state index contributed by atoms with van der Waals surface area (Å²) >= 11 is 0. The van der Waals surface area contributed by atoms with E-state index in [4.69, 9.17) is 0 Å². The maximum Gasteiger partial charge on any atom is 0.0198 e. The maximum absolute atomic E-state index is 2.67. The monoisotopic (exact) mass is 165 g/mol. The summed E-state index contributed by atoms with van der Waals surface area (Å²) in [5.41, 5.74) is 3.26. The Morgan fingerprint density at radius 2 is 2.08 bits per heavy atom. The van der Waals surface area contributed by atoms with E-state index in [1.807, 2.05) is 0 Å². The van der Waals surface area contributed by atoms with E-state index in [0.29, 0.717) is 0 Å². The third-order valence-electron chi connectivity index (χ3n) is 3.09. The van der Waals surface area contributed by atoms with E-state index in [9.17, 15) is 0 Å². The second-order valence-corrected chi connectivity index (χ2v) is 4.41. The number of hydrogen-bond acceptors (Lipinski definition) is 1. The van der Waals surface area contributed by atoms with Crippen molar-refractivity contribution >= 4 is 0 Å². The van der Waals surface area contributed by atoms with E-state index < -0.39 is 0 Å². The Morgan fingerprint density at radius 3 is 2.67 bits per heavy atom.